The molecule has 13 rings (SSSR count). The Morgan fingerprint density at radius 1 is 0.531 bits per heavy atom. The van der Waals surface area contributed by atoms with E-state index in [1.54, 1.807) is 0 Å². The van der Waals surface area contributed by atoms with E-state index in [1.807, 2.05) is 22.7 Å². The number of rotatable bonds is 1. The monoisotopic (exact) mass is 864 g/mol. The molecule has 0 saturated carbocycles. The van der Waals surface area contributed by atoms with Crippen molar-refractivity contribution in [2.75, 3.05) is 4.81 Å². The van der Waals surface area contributed by atoms with Gasteiger partial charge in [0.05, 0.1) is 16.7 Å². The van der Waals surface area contributed by atoms with Crippen molar-refractivity contribution >= 4 is 103 Å². The first-order valence-corrected chi connectivity index (χ1v) is 24.8. The number of hydrogen-bond acceptors (Lipinski definition) is 3. The predicted molar refractivity (Wildman–Crippen MR) is 282 cm³/mol. The summed E-state index contributed by atoms with van der Waals surface area (Å²) in [5, 5.41) is 6.87. The summed E-state index contributed by atoms with van der Waals surface area (Å²) in [5.41, 5.74) is 20.3. The van der Waals surface area contributed by atoms with Crippen LogP contribution in [0.3, 0.4) is 0 Å². The highest BCUT2D eigenvalue weighted by molar-refractivity contribution is 7.32. The number of benzene rings is 7. The molecule has 0 bridgehead atoms. The zero-order valence-electron chi connectivity index (χ0n) is 38.8. The minimum Gasteiger partial charge on any atom is -0.376 e. The van der Waals surface area contributed by atoms with Gasteiger partial charge < -0.3 is 9.38 Å². The zero-order valence-corrected chi connectivity index (χ0v) is 40.5. The number of thiophene rings is 2. The number of anilines is 2. The molecule has 3 aliphatic rings. The molecule has 3 aromatic heterocycles. The smallest absolute Gasteiger partial charge is 0.343 e. The van der Waals surface area contributed by atoms with Gasteiger partial charge in [0.1, 0.15) is 0 Å². The minimum absolute atomic E-state index is 0.0000654. The fourth-order valence-corrected chi connectivity index (χ4v) is 14.3. The molecule has 2 aliphatic heterocycles. The molecule has 0 atom stereocenters. The Kier molecular flexibility index (Phi) is 7.51. The van der Waals surface area contributed by atoms with Crippen LogP contribution in [-0.4, -0.2) is 11.4 Å². The standard InChI is InChI=1S/C59H53BN2S2/c1-56(2,3)32-20-24-35(25-21-32)62-45-31-43-38(36-16-12-14-18-42(36)59(43,10)11)30-40(45)48-49-37-17-13-15-19-46(37)63-54(49)50-39-28-33(57(4,5)6)22-26-44(39)61-52-41-29-34(58(7,8)9)23-27-47(41)64-55(52)60(62)51(48)53(50)61/h12-31H,1-11H3. The average Bonchev–Trinajstić information content (AvgIpc) is 3.98. The normalized spacial score (nSPS) is 15.2. The van der Waals surface area contributed by atoms with E-state index < -0.39 is 0 Å². The SMILES string of the molecule is CC(C)(C)c1ccc(N2B3c4sc5ccc(C(C)(C)C)cc5c4-n4c5ccc(C(C)(C)C)cc5c5c6sc7ccccc7c6c(c3c54)-c3cc4c(cc32)C(C)(C)c2ccccc2-4)cc1. The molecule has 0 spiro atoms. The maximum absolute atomic E-state index is 2.77. The molecule has 5 heterocycles. The third-order valence-corrected chi connectivity index (χ3v) is 17.6. The van der Waals surface area contributed by atoms with E-state index in [9.17, 15) is 0 Å². The van der Waals surface area contributed by atoms with Crippen LogP contribution in [0.4, 0.5) is 11.4 Å². The minimum atomic E-state index is -0.146. The molecule has 0 fully saturated rings. The van der Waals surface area contributed by atoms with Crippen molar-refractivity contribution in [3.8, 4) is 27.9 Å². The van der Waals surface area contributed by atoms with E-state index in [1.165, 1.54) is 129 Å². The number of nitrogens with zero attached hydrogens (tertiary/aromatic N) is 2. The predicted octanol–water partition coefficient (Wildman–Crippen LogP) is 15.8. The van der Waals surface area contributed by atoms with Gasteiger partial charge in [-0.2, -0.15) is 0 Å². The Bertz CT molecular complexity index is 3700. The summed E-state index contributed by atoms with van der Waals surface area (Å²) in [6.45, 7) is 25.9. The van der Waals surface area contributed by atoms with Crippen LogP contribution in [0, 0.1) is 0 Å². The van der Waals surface area contributed by atoms with Crippen LogP contribution in [0.25, 0.3) is 80.0 Å². The first-order chi connectivity index (χ1) is 30.4. The lowest BCUT2D eigenvalue weighted by Crippen LogP contribution is -2.59. The van der Waals surface area contributed by atoms with Gasteiger partial charge in [0.15, 0.2) is 0 Å². The number of hydrogen-bond donors (Lipinski definition) is 0. The van der Waals surface area contributed by atoms with Crippen molar-refractivity contribution < 1.29 is 0 Å². The van der Waals surface area contributed by atoms with Crippen molar-refractivity contribution in [3.05, 3.63) is 149 Å². The van der Waals surface area contributed by atoms with Gasteiger partial charge in [0.2, 0.25) is 0 Å². The van der Waals surface area contributed by atoms with Gasteiger partial charge in [-0.25, -0.2) is 0 Å². The lowest BCUT2D eigenvalue weighted by Gasteiger charge is -2.42. The van der Waals surface area contributed by atoms with Crippen molar-refractivity contribution in [2.45, 2.75) is 97.8 Å². The lowest BCUT2D eigenvalue weighted by molar-refractivity contribution is 0.590. The van der Waals surface area contributed by atoms with E-state index in [0.717, 1.165) is 0 Å². The Balaban J connectivity index is 1.28. The fourth-order valence-electron chi connectivity index (χ4n) is 11.8. The third-order valence-electron chi connectivity index (χ3n) is 15.2. The second kappa shape index (κ2) is 12.4. The molecule has 5 heteroatoms. The van der Waals surface area contributed by atoms with Crippen molar-refractivity contribution in [1.29, 1.82) is 0 Å². The van der Waals surface area contributed by atoms with Gasteiger partial charge in [-0.1, -0.05) is 143 Å². The molecular formula is C59H53BN2S2. The number of fused-ring (bicyclic) bond motifs is 18. The van der Waals surface area contributed by atoms with Crippen molar-refractivity contribution in [2.24, 2.45) is 0 Å². The Morgan fingerprint density at radius 2 is 1.17 bits per heavy atom. The summed E-state index contributed by atoms with van der Waals surface area (Å²) < 4.78 is 8.24. The molecule has 2 nitrogen and oxygen atoms in total. The second-order valence-electron chi connectivity index (χ2n) is 22.6. The summed E-state index contributed by atoms with van der Waals surface area (Å²) in [6.07, 6.45) is 0. The third kappa shape index (κ3) is 4.98. The molecule has 0 radical (unpaired) electrons. The van der Waals surface area contributed by atoms with Crippen molar-refractivity contribution in [1.82, 2.24) is 4.57 Å². The largest absolute Gasteiger partial charge is 0.376 e. The molecule has 0 unspecified atom stereocenters. The highest BCUT2D eigenvalue weighted by Crippen LogP contribution is 2.58. The van der Waals surface area contributed by atoms with Gasteiger partial charge in [-0.15, -0.1) is 22.7 Å². The summed E-state index contributed by atoms with van der Waals surface area (Å²) in [4.78, 5) is 2.77. The van der Waals surface area contributed by atoms with Gasteiger partial charge in [-0.3, -0.25) is 0 Å². The molecule has 0 N–H and O–H groups in total. The van der Waals surface area contributed by atoms with E-state index in [2.05, 4.69) is 207 Å². The quantitative estimate of drug-likeness (QED) is 0.149. The molecule has 1 aliphatic carbocycles. The molecule has 10 aromatic rings. The topological polar surface area (TPSA) is 8.17 Å². The van der Waals surface area contributed by atoms with Crippen LogP contribution in [0.5, 0.6) is 0 Å². The van der Waals surface area contributed by atoms with E-state index in [4.69, 9.17) is 0 Å². The van der Waals surface area contributed by atoms with Crippen LogP contribution >= 0.6 is 22.7 Å². The molecule has 64 heavy (non-hydrogen) atoms. The highest BCUT2D eigenvalue weighted by Gasteiger charge is 2.49. The van der Waals surface area contributed by atoms with Crippen LogP contribution in [0.2, 0.25) is 0 Å². The Morgan fingerprint density at radius 3 is 1.91 bits per heavy atom. The van der Waals surface area contributed by atoms with Crippen LogP contribution in [0.15, 0.2) is 121 Å². The first-order valence-electron chi connectivity index (χ1n) is 23.1. The van der Waals surface area contributed by atoms with Gasteiger partial charge in [0, 0.05) is 68.2 Å². The van der Waals surface area contributed by atoms with E-state index >= 15 is 0 Å². The van der Waals surface area contributed by atoms with Crippen molar-refractivity contribution in [3.63, 3.8) is 0 Å². The lowest BCUT2D eigenvalue weighted by atomic mass is 9.46. The van der Waals surface area contributed by atoms with Gasteiger partial charge >= 0.3 is 6.85 Å². The zero-order chi connectivity index (χ0) is 44.1. The molecular weight excluding hydrogens is 812 g/mol. The summed E-state index contributed by atoms with van der Waals surface area (Å²) >= 11 is 4.00. The molecule has 0 amide bonds. The van der Waals surface area contributed by atoms with Crippen LogP contribution < -0.4 is 15.1 Å². The maximum atomic E-state index is 2.77. The van der Waals surface area contributed by atoms with E-state index in [0.29, 0.717) is 0 Å². The molecule has 0 saturated heterocycles. The molecule has 7 aromatic carbocycles. The number of aromatic nitrogens is 1. The fraction of sp³-hybridized carbons (Fsp3) is 0.254. The Hall–Kier alpha value is -5.62. The summed E-state index contributed by atoms with van der Waals surface area (Å²) in [5.74, 6) is 0. The summed E-state index contributed by atoms with van der Waals surface area (Å²) in [7, 11) is 0. The van der Waals surface area contributed by atoms with Crippen LogP contribution in [0.1, 0.15) is 104 Å². The molecule has 314 valence electrons. The average molecular weight is 865 g/mol. The summed E-state index contributed by atoms with van der Waals surface area (Å²) in [6, 6.07) is 47.9. The van der Waals surface area contributed by atoms with Gasteiger partial charge in [0.25, 0.3) is 0 Å². The van der Waals surface area contributed by atoms with Gasteiger partial charge in [-0.05, 0) is 121 Å². The first kappa shape index (κ1) is 38.8. The second-order valence-corrected chi connectivity index (χ2v) is 24.7. The van der Waals surface area contributed by atoms with Crippen LogP contribution in [-0.2, 0) is 21.7 Å². The highest BCUT2D eigenvalue weighted by atomic mass is 32.1. The van der Waals surface area contributed by atoms with E-state index in [-0.39, 0.29) is 28.5 Å². The maximum Gasteiger partial charge on any atom is 0.343 e. The Labute approximate surface area is 385 Å².